The molecule has 0 saturated carbocycles. The lowest BCUT2D eigenvalue weighted by molar-refractivity contribution is -0.141. The molecule has 0 aliphatic carbocycles. The number of aromatic nitrogens is 1. The van der Waals surface area contributed by atoms with Crippen molar-refractivity contribution in [2.45, 2.75) is 13.1 Å². The summed E-state index contributed by atoms with van der Waals surface area (Å²) in [5.41, 5.74) is 4.51. The fraction of sp³-hybridized carbons (Fsp3) is 0.182. The van der Waals surface area contributed by atoms with Crippen LogP contribution in [0.25, 0.3) is 10.9 Å². The van der Waals surface area contributed by atoms with Gasteiger partial charge in [0.15, 0.2) is 0 Å². The fourth-order valence-electron chi connectivity index (χ4n) is 1.69. The fourth-order valence-corrected chi connectivity index (χ4v) is 2.22. The zero-order chi connectivity index (χ0) is 13.7. The normalized spacial score (nSPS) is 12.1. The summed E-state index contributed by atoms with van der Waals surface area (Å²) in [6.07, 6.45) is -4.57. The molecule has 96 valence electrons. The third kappa shape index (κ3) is 2.08. The van der Waals surface area contributed by atoms with Crippen LogP contribution in [0.2, 0.25) is 10.0 Å². The molecule has 1 aromatic carbocycles. The Kier molecular flexibility index (Phi) is 3.07. The number of nitrogens with zero attached hydrogens (tertiary/aromatic N) is 1. The van der Waals surface area contributed by atoms with Gasteiger partial charge in [-0.2, -0.15) is 13.2 Å². The van der Waals surface area contributed by atoms with Crippen molar-refractivity contribution in [3.05, 3.63) is 33.4 Å². The lowest BCUT2D eigenvalue weighted by atomic mass is 10.1. The van der Waals surface area contributed by atoms with E-state index < -0.39 is 11.9 Å². The minimum Gasteiger partial charge on any atom is -0.398 e. The molecule has 2 nitrogen and oxygen atoms in total. The Hall–Kier alpha value is -1.20. The molecule has 2 rings (SSSR count). The number of rotatable bonds is 0. The number of hydrogen-bond donors (Lipinski definition) is 1. The molecule has 1 heterocycles. The van der Waals surface area contributed by atoms with E-state index in [1.807, 2.05) is 0 Å². The predicted molar refractivity (Wildman–Crippen MR) is 65.9 cm³/mol. The molecule has 1 aromatic heterocycles. The van der Waals surface area contributed by atoms with E-state index in [1.165, 1.54) is 19.1 Å². The molecule has 18 heavy (non-hydrogen) atoms. The van der Waals surface area contributed by atoms with Crippen LogP contribution in [0.5, 0.6) is 0 Å². The molecule has 0 saturated heterocycles. The summed E-state index contributed by atoms with van der Waals surface area (Å²) in [5.74, 6) is 0. The monoisotopic (exact) mass is 294 g/mol. The second-order valence-electron chi connectivity index (χ2n) is 3.78. The maximum absolute atomic E-state index is 12.8. The molecule has 0 unspecified atom stereocenters. The number of halogens is 5. The van der Waals surface area contributed by atoms with Gasteiger partial charge in [-0.3, -0.25) is 0 Å². The van der Waals surface area contributed by atoms with Crippen molar-refractivity contribution in [3.8, 4) is 0 Å². The van der Waals surface area contributed by atoms with Crippen molar-refractivity contribution >= 4 is 39.8 Å². The van der Waals surface area contributed by atoms with Gasteiger partial charge in [-0.05, 0) is 19.1 Å². The minimum absolute atomic E-state index is 0.00325. The number of fused-ring (bicyclic) bond motifs is 1. The number of anilines is 1. The van der Waals surface area contributed by atoms with E-state index in [9.17, 15) is 13.2 Å². The second-order valence-corrected chi connectivity index (χ2v) is 4.62. The first-order valence-electron chi connectivity index (χ1n) is 4.84. The molecule has 2 N–H and O–H groups in total. The number of nitrogen functional groups attached to an aromatic ring is 1. The molecule has 7 heteroatoms. The number of pyridine rings is 1. The topological polar surface area (TPSA) is 38.9 Å². The minimum atomic E-state index is -4.57. The third-order valence-corrected chi connectivity index (χ3v) is 3.08. The molecule has 0 bridgehead atoms. The Bertz CT molecular complexity index is 638. The van der Waals surface area contributed by atoms with Gasteiger partial charge in [-0.1, -0.05) is 23.2 Å². The summed E-state index contributed by atoms with van der Waals surface area (Å²) in [7, 11) is 0. The predicted octanol–water partition coefficient (Wildman–Crippen LogP) is 4.45. The van der Waals surface area contributed by atoms with E-state index in [-0.39, 0.29) is 21.8 Å². The molecular formula is C11H7Cl2F3N2. The molecular weight excluding hydrogens is 288 g/mol. The van der Waals surface area contributed by atoms with Gasteiger partial charge < -0.3 is 5.73 Å². The standard InChI is InChI=1S/C11H7Cl2F3N2/c1-4-8(17)6-2-5(12)3-7(13)9(6)18-10(4)11(14,15)16/h2-3H,1H3,(H2,17,18). The van der Waals surface area contributed by atoms with E-state index in [4.69, 9.17) is 28.9 Å². The Morgan fingerprint density at radius 2 is 1.83 bits per heavy atom. The average Bonchev–Trinajstić information content (AvgIpc) is 2.22. The zero-order valence-electron chi connectivity index (χ0n) is 9.07. The Balaban J connectivity index is 2.93. The molecule has 0 radical (unpaired) electrons. The van der Waals surface area contributed by atoms with Gasteiger partial charge in [0.25, 0.3) is 0 Å². The highest BCUT2D eigenvalue weighted by Gasteiger charge is 2.36. The van der Waals surface area contributed by atoms with Gasteiger partial charge >= 0.3 is 6.18 Å². The number of alkyl halides is 3. The van der Waals surface area contributed by atoms with Crippen molar-refractivity contribution in [2.75, 3.05) is 5.73 Å². The first kappa shape index (κ1) is 13.2. The maximum Gasteiger partial charge on any atom is 0.433 e. The highest BCUT2D eigenvalue weighted by molar-refractivity contribution is 6.38. The molecule has 0 atom stereocenters. The van der Waals surface area contributed by atoms with Crippen molar-refractivity contribution < 1.29 is 13.2 Å². The zero-order valence-corrected chi connectivity index (χ0v) is 10.6. The maximum atomic E-state index is 12.8. The van der Waals surface area contributed by atoms with Gasteiger partial charge in [0.1, 0.15) is 5.69 Å². The van der Waals surface area contributed by atoms with E-state index in [0.29, 0.717) is 10.4 Å². The Morgan fingerprint density at radius 3 is 2.39 bits per heavy atom. The van der Waals surface area contributed by atoms with Crippen molar-refractivity contribution in [1.82, 2.24) is 4.98 Å². The van der Waals surface area contributed by atoms with Crippen LogP contribution < -0.4 is 5.73 Å². The summed E-state index contributed by atoms with van der Waals surface area (Å²) in [5, 5.41) is 0.646. The highest BCUT2D eigenvalue weighted by Crippen LogP contribution is 2.38. The first-order valence-corrected chi connectivity index (χ1v) is 5.59. The molecule has 0 aliphatic heterocycles. The molecule has 0 amide bonds. The lowest BCUT2D eigenvalue weighted by Gasteiger charge is -2.14. The van der Waals surface area contributed by atoms with Crippen LogP contribution in [-0.4, -0.2) is 4.98 Å². The smallest absolute Gasteiger partial charge is 0.398 e. The lowest BCUT2D eigenvalue weighted by Crippen LogP contribution is -2.12. The van der Waals surface area contributed by atoms with E-state index in [0.717, 1.165) is 0 Å². The van der Waals surface area contributed by atoms with Crippen LogP contribution in [0.15, 0.2) is 12.1 Å². The van der Waals surface area contributed by atoms with Crippen molar-refractivity contribution in [1.29, 1.82) is 0 Å². The molecule has 0 fully saturated rings. The van der Waals surface area contributed by atoms with Crippen LogP contribution in [0, 0.1) is 6.92 Å². The number of nitrogens with two attached hydrogens (primary N) is 1. The summed E-state index contributed by atoms with van der Waals surface area (Å²) < 4.78 is 38.3. The summed E-state index contributed by atoms with van der Waals surface area (Å²) >= 11 is 11.6. The number of hydrogen-bond acceptors (Lipinski definition) is 2. The van der Waals surface area contributed by atoms with Crippen LogP contribution in [-0.2, 0) is 6.18 Å². The Morgan fingerprint density at radius 1 is 1.22 bits per heavy atom. The van der Waals surface area contributed by atoms with Gasteiger partial charge in [0, 0.05) is 21.7 Å². The van der Waals surface area contributed by atoms with Crippen LogP contribution in [0.3, 0.4) is 0 Å². The highest BCUT2D eigenvalue weighted by atomic mass is 35.5. The average molecular weight is 295 g/mol. The molecule has 0 spiro atoms. The SMILES string of the molecule is Cc1c(C(F)(F)F)nc2c(Cl)cc(Cl)cc2c1N. The van der Waals surface area contributed by atoms with Gasteiger partial charge in [0.05, 0.1) is 10.5 Å². The summed E-state index contributed by atoms with van der Waals surface area (Å²) in [4.78, 5) is 3.55. The molecule has 0 aliphatic rings. The largest absolute Gasteiger partial charge is 0.433 e. The van der Waals surface area contributed by atoms with Crippen LogP contribution in [0.1, 0.15) is 11.3 Å². The summed E-state index contributed by atoms with van der Waals surface area (Å²) in [6, 6.07) is 2.77. The van der Waals surface area contributed by atoms with Crippen molar-refractivity contribution in [2.24, 2.45) is 0 Å². The number of benzene rings is 1. The van der Waals surface area contributed by atoms with Gasteiger partial charge in [0.2, 0.25) is 0 Å². The quantitative estimate of drug-likeness (QED) is 0.779. The van der Waals surface area contributed by atoms with Gasteiger partial charge in [-0.15, -0.1) is 0 Å². The molecule has 2 aromatic rings. The first-order chi connectivity index (χ1) is 8.21. The summed E-state index contributed by atoms with van der Waals surface area (Å²) in [6.45, 7) is 1.26. The van der Waals surface area contributed by atoms with E-state index >= 15 is 0 Å². The van der Waals surface area contributed by atoms with E-state index in [2.05, 4.69) is 4.98 Å². The third-order valence-electron chi connectivity index (χ3n) is 2.57. The van der Waals surface area contributed by atoms with E-state index in [1.54, 1.807) is 0 Å². The van der Waals surface area contributed by atoms with Crippen LogP contribution >= 0.6 is 23.2 Å². The van der Waals surface area contributed by atoms with Crippen molar-refractivity contribution in [3.63, 3.8) is 0 Å². The second kappa shape index (κ2) is 4.17. The Labute approximate surface area is 111 Å². The van der Waals surface area contributed by atoms with Crippen LogP contribution in [0.4, 0.5) is 18.9 Å². The van der Waals surface area contributed by atoms with Gasteiger partial charge in [-0.25, -0.2) is 4.98 Å².